The van der Waals surface area contributed by atoms with E-state index in [1.807, 2.05) is 20.0 Å². The molecule has 1 aromatic heterocycles. The lowest BCUT2D eigenvalue weighted by atomic mass is 10.1. The molecule has 1 heterocycles. The molecule has 0 aliphatic rings. The number of halogens is 1. The fraction of sp³-hybridized carbons (Fsp3) is 0.308. The SMILES string of the molecule is Cc1ccc(F)cc1Cn1cc(CN)c(C)n1. The summed E-state index contributed by atoms with van der Waals surface area (Å²) in [5.41, 5.74) is 9.56. The Kier molecular flexibility index (Phi) is 3.24. The molecule has 2 rings (SSSR count). The molecule has 0 saturated carbocycles. The van der Waals surface area contributed by atoms with Gasteiger partial charge in [0, 0.05) is 18.3 Å². The Morgan fingerprint density at radius 2 is 2.06 bits per heavy atom. The molecule has 0 atom stereocenters. The molecule has 0 unspecified atom stereocenters. The Labute approximate surface area is 100 Å². The summed E-state index contributed by atoms with van der Waals surface area (Å²) in [5, 5.41) is 4.36. The van der Waals surface area contributed by atoms with Crippen molar-refractivity contribution in [3.63, 3.8) is 0 Å². The van der Waals surface area contributed by atoms with Gasteiger partial charge in [0.05, 0.1) is 12.2 Å². The maximum Gasteiger partial charge on any atom is 0.123 e. The molecule has 0 fully saturated rings. The van der Waals surface area contributed by atoms with Crippen LogP contribution in [0.25, 0.3) is 0 Å². The highest BCUT2D eigenvalue weighted by Gasteiger charge is 2.06. The fourth-order valence-corrected chi connectivity index (χ4v) is 1.83. The van der Waals surface area contributed by atoms with Gasteiger partial charge in [-0.05, 0) is 37.1 Å². The summed E-state index contributed by atoms with van der Waals surface area (Å²) in [6.07, 6.45) is 1.92. The van der Waals surface area contributed by atoms with E-state index in [1.54, 1.807) is 16.8 Å². The first-order valence-electron chi connectivity index (χ1n) is 5.58. The molecule has 0 aliphatic heterocycles. The van der Waals surface area contributed by atoms with Gasteiger partial charge in [-0.2, -0.15) is 5.10 Å². The number of rotatable bonds is 3. The number of benzene rings is 1. The zero-order valence-electron chi connectivity index (χ0n) is 10.1. The largest absolute Gasteiger partial charge is 0.326 e. The molecule has 0 bridgehead atoms. The predicted octanol–water partition coefficient (Wildman–Crippen LogP) is 2.15. The molecule has 1 aromatic carbocycles. The average molecular weight is 233 g/mol. The molecule has 17 heavy (non-hydrogen) atoms. The van der Waals surface area contributed by atoms with Gasteiger partial charge < -0.3 is 5.73 Å². The zero-order valence-corrected chi connectivity index (χ0v) is 10.1. The van der Waals surface area contributed by atoms with Gasteiger partial charge >= 0.3 is 0 Å². The second kappa shape index (κ2) is 4.67. The first-order valence-corrected chi connectivity index (χ1v) is 5.58. The molecule has 0 saturated heterocycles. The van der Waals surface area contributed by atoms with Crippen LogP contribution in [0, 0.1) is 19.7 Å². The van der Waals surface area contributed by atoms with E-state index in [0.717, 1.165) is 22.4 Å². The van der Waals surface area contributed by atoms with E-state index < -0.39 is 0 Å². The van der Waals surface area contributed by atoms with Crippen LogP contribution in [0.1, 0.15) is 22.4 Å². The highest BCUT2D eigenvalue weighted by Crippen LogP contribution is 2.13. The Morgan fingerprint density at radius 3 is 2.71 bits per heavy atom. The van der Waals surface area contributed by atoms with Crippen molar-refractivity contribution in [2.75, 3.05) is 0 Å². The van der Waals surface area contributed by atoms with E-state index in [4.69, 9.17) is 5.73 Å². The first kappa shape index (κ1) is 11.8. The van der Waals surface area contributed by atoms with Gasteiger partial charge in [-0.1, -0.05) is 6.07 Å². The molecule has 0 amide bonds. The van der Waals surface area contributed by atoms with Crippen molar-refractivity contribution in [1.82, 2.24) is 9.78 Å². The van der Waals surface area contributed by atoms with Crippen molar-refractivity contribution in [2.45, 2.75) is 26.9 Å². The summed E-state index contributed by atoms with van der Waals surface area (Å²) in [6, 6.07) is 4.80. The Balaban J connectivity index is 2.27. The van der Waals surface area contributed by atoms with Crippen LogP contribution in [0.3, 0.4) is 0 Å². The minimum Gasteiger partial charge on any atom is -0.326 e. The normalized spacial score (nSPS) is 10.8. The number of nitrogens with two attached hydrogens (primary N) is 1. The summed E-state index contributed by atoms with van der Waals surface area (Å²) in [7, 11) is 0. The van der Waals surface area contributed by atoms with Gasteiger partial charge in [0.15, 0.2) is 0 Å². The molecule has 2 N–H and O–H groups in total. The quantitative estimate of drug-likeness (QED) is 0.882. The van der Waals surface area contributed by atoms with Gasteiger partial charge in [0.1, 0.15) is 5.82 Å². The third-order valence-corrected chi connectivity index (χ3v) is 2.91. The Morgan fingerprint density at radius 1 is 1.29 bits per heavy atom. The summed E-state index contributed by atoms with van der Waals surface area (Å²) >= 11 is 0. The van der Waals surface area contributed by atoms with E-state index in [9.17, 15) is 4.39 Å². The van der Waals surface area contributed by atoms with Crippen LogP contribution >= 0.6 is 0 Å². The first-order chi connectivity index (χ1) is 8.10. The minimum absolute atomic E-state index is 0.214. The third-order valence-electron chi connectivity index (χ3n) is 2.91. The highest BCUT2D eigenvalue weighted by molar-refractivity contribution is 5.27. The average Bonchev–Trinajstić information content (AvgIpc) is 2.64. The molecule has 3 nitrogen and oxygen atoms in total. The Hall–Kier alpha value is -1.68. The van der Waals surface area contributed by atoms with Gasteiger partial charge in [-0.3, -0.25) is 4.68 Å². The smallest absolute Gasteiger partial charge is 0.123 e. The van der Waals surface area contributed by atoms with Crippen LogP contribution in [0.5, 0.6) is 0 Å². The van der Waals surface area contributed by atoms with Crippen LogP contribution in [-0.4, -0.2) is 9.78 Å². The molecule has 0 spiro atoms. The monoisotopic (exact) mass is 233 g/mol. The lowest BCUT2D eigenvalue weighted by Gasteiger charge is -2.06. The van der Waals surface area contributed by atoms with Gasteiger partial charge in [0.2, 0.25) is 0 Å². The maximum absolute atomic E-state index is 13.2. The van der Waals surface area contributed by atoms with Crippen LogP contribution in [0.2, 0.25) is 0 Å². The van der Waals surface area contributed by atoms with Crippen molar-refractivity contribution in [3.05, 3.63) is 52.6 Å². The zero-order chi connectivity index (χ0) is 12.4. The topological polar surface area (TPSA) is 43.8 Å². The number of aryl methyl sites for hydroxylation is 2. The van der Waals surface area contributed by atoms with E-state index in [2.05, 4.69) is 5.10 Å². The van der Waals surface area contributed by atoms with E-state index in [0.29, 0.717) is 13.1 Å². The van der Waals surface area contributed by atoms with Crippen molar-refractivity contribution in [3.8, 4) is 0 Å². The molecule has 4 heteroatoms. The summed E-state index contributed by atoms with van der Waals surface area (Å²) < 4.78 is 15.0. The fourth-order valence-electron chi connectivity index (χ4n) is 1.83. The van der Waals surface area contributed by atoms with Crippen molar-refractivity contribution in [2.24, 2.45) is 5.73 Å². The van der Waals surface area contributed by atoms with Gasteiger partial charge in [-0.15, -0.1) is 0 Å². The van der Waals surface area contributed by atoms with Crippen LogP contribution in [0.15, 0.2) is 24.4 Å². The highest BCUT2D eigenvalue weighted by atomic mass is 19.1. The van der Waals surface area contributed by atoms with Crippen LogP contribution < -0.4 is 5.73 Å². The third kappa shape index (κ3) is 2.53. The molecule has 2 aromatic rings. The standard InChI is InChI=1S/C13H16FN3/c1-9-3-4-13(14)5-11(9)7-17-8-12(6-15)10(2)16-17/h3-5,8H,6-7,15H2,1-2H3. The lowest BCUT2D eigenvalue weighted by molar-refractivity contribution is 0.617. The number of aromatic nitrogens is 2. The minimum atomic E-state index is -0.214. The van der Waals surface area contributed by atoms with Gasteiger partial charge in [-0.25, -0.2) is 4.39 Å². The second-order valence-electron chi connectivity index (χ2n) is 4.21. The predicted molar refractivity (Wildman–Crippen MR) is 65.1 cm³/mol. The van der Waals surface area contributed by atoms with Crippen molar-refractivity contribution >= 4 is 0 Å². The van der Waals surface area contributed by atoms with Crippen LogP contribution in [-0.2, 0) is 13.1 Å². The van der Waals surface area contributed by atoms with Gasteiger partial charge in [0.25, 0.3) is 0 Å². The molecule has 0 aliphatic carbocycles. The van der Waals surface area contributed by atoms with E-state index in [1.165, 1.54) is 6.07 Å². The number of hydrogen-bond donors (Lipinski definition) is 1. The summed E-state index contributed by atoms with van der Waals surface area (Å²) in [4.78, 5) is 0. The molecule has 90 valence electrons. The van der Waals surface area contributed by atoms with E-state index in [-0.39, 0.29) is 5.82 Å². The number of hydrogen-bond acceptors (Lipinski definition) is 2. The second-order valence-corrected chi connectivity index (χ2v) is 4.21. The Bertz CT molecular complexity index is 531. The lowest BCUT2D eigenvalue weighted by Crippen LogP contribution is -2.03. The summed E-state index contributed by atoms with van der Waals surface area (Å²) in [6.45, 7) is 4.95. The van der Waals surface area contributed by atoms with Crippen LogP contribution in [0.4, 0.5) is 4.39 Å². The van der Waals surface area contributed by atoms with Crippen molar-refractivity contribution in [1.29, 1.82) is 0 Å². The van der Waals surface area contributed by atoms with Crippen molar-refractivity contribution < 1.29 is 4.39 Å². The molecular weight excluding hydrogens is 217 g/mol. The number of nitrogens with zero attached hydrogens (tertiary/aromatic N) is 2. The maximum atomic E-state index is 13.2. The summed E-state index contributed by atoms with van der Waals surface area (Å²) in [5.74, 6) is -0.214. The van der Waals surface area contributed by atoms with E-state index >= 15 is 0 Å². The molecule has 0 radical (unpaired) electrons. The molecular formula is C13H16FN3.